The molecule has 0 spiro atoms. The number of imidazole rings is 1. The summed E-state index contributed by atoms with van der Waals surface area (Å²) in [4.78, 5) is 14.3. The Kier molecular flexibility index (Phi) is 4.12. The molecule has 0 aliphatic rings. The van der Waals surface area contributed by atoms with Crippen molar-refractivity contribution in [2.45, 2.75) is 25.2 Å². The first kappa shape index (κ1) is 13.5. The van der Waals surface area contributed by atoms with Gasteiger partial charge in [0.2, 0.25) is 5.89 Å². The van der Waals surface area contributed by atoms with Gasteiger partial charge in [-0.15, -0.1) is 10.2 Å². The van der Waals surface area contributed by atoms with Gasteiger partial charge in [0.15, 0.2) is 5.82 Å². The Labute approximate surface area is 112 Å². The highest BCUT2D eigenvalue weighted by Gasteiger charge is 2.17. The molecule has 0 saturated heterocycles. The summed E-state index contributed by atoms with van der Waals surface area (Å²) in [6, 6.07) is 0. The summed E-state index contributed by atoms with van der Waals surface area (Å²) < 4.78 is 6.75. The fourth-order valence-electron chi connectivity index (χ4n) is 1.48. The highest BCUT2D eigenvalue weighted by atomic mass is 32.2. The van der Waals surface area contributed by atoms with E-state index in [4.69, 9.17) is 10.2 Å². The number of hydrogen-bond acceptors (Lipinski definition) is 8. The van der Waals surface area contributed by atoms with Gasteiger partial charge in [-0.25, -0.2) is 9.55 Å². The van der Waals surface area contributed by atoms with Gasteiger partial charge >= 0.3 is 5.82 Å². The first-order valence-electron chi connectivity index (χ1n) is 5.43. The van der Waals surface area contributed by atoms with Crippen LogP contribution >= 0.6 is 11.8 Å². The lowest BCUT2D eigenvalue weighted by Crippen LogP contribution is -2.06. The number of aromatic nitrogens is 4. The Morgan fingerprint density at radius 2 is 2.37 bits per heavy atom. The van der Waals surface area contributed by atoms with Gasteiger partial charge in [-0.2, -0.15) is 0 Å². The quantitative estimate of drug-likeness (QED) is 0.467. The minimum Gasteiger partial charge on any atom is -0.415 e. The number of hydrogen-bond donors (Lipinski definition) is 1. The number of thioether (sulfide) groups is 1. The molecule has 0 amide bonds. The van der Waals surface area contributed by atoms with Gasteiger partial charge in [0, 0.05) is 12.7 Å². The molecule has 19 heavy (non-hydrogen) atoms. The average molecular weight is 284 g/mol. The smallest absolute Gasteiger partial charge is 0.342 e. The van der Waals surface area contributed by atoms with Crippen LogP contribution in [0.25, 0.3) is 0 Å². The molecular formula is C9H12N6O3S. The molecule has 0 aliphatic heterocycles. The first-order chi connectivity index (χ1) is 9.11. The average Bonchev–Trinajstić information content (AvgIpc) is 2.97. The van der Waals surface area contributed by atoms with Crippen molar-refractivity contribution in [3.8, 4) is 0 Å². The van der Waals surface area contributed by atoms with Crippen LogP contribution in [-0.4, -0.2) is 30.4 Å². The van der Waals surface area contributed by atoms with E-state index in [2.05, 4.69) is 15.2 Å². The summed E-state index contributed by atoms with van der Waals surface area (Å²) >= 11 is 1.32. The van der Waals surface area contributed by atoms with Gasteiger partial charge in [-0.1, -0.05) is 11.8 Å². The minimum absolute atomic E-state index is 0.0220. The molecule has 102 valence electrons. The summed E-state index contributed by atoms with van der Waals surface area (Å²) in [5, 5.41) is 18.7. The molecule has 2 N–H and O–H groups in total. The number of aryl methyl sites for hydroxylation is 1. The van der Waals surface area contributed by atoms with E-state index in [1.165, 1.54) is 22.5 Å². The van der Waals surface area contributed by atoms with Gasteiger partial charge in [0.25, 0.3) is 5.22 Å². The van der Waals surface area contributed by atoms with Gasteiger partial charge < -0.3 is 20.3 Å². The van der Waals surface area contributed by atoms with E-state index in [-0.39, 0.29) is 12.4 Å². The Morgan fingerprint density at radius 1 is 1.58 bits per heavy atom. The molecule has 10 heteroatoms. The second kappa shape index (κ2) is 5.80. The SMILES string of the molecule is Cc1ncc([N+](=O)[O-])n1CCSc1nnc(CN)o1. The van der Waals surface area contributed by atoms with Crippen LogP contribution in [0.5, 0.6) is 0 Å². The van der Waals surface area contributed by atoms with E-state index < -0.39 is 4.92 Å². The molecular weight excluding hydrogens is 272 g/mol. The molecule has 2 heterocycles. The van der Waals surface area contributed by atoms with E-state index in [0.717, 1.165) is 0 Å². The van der Waals surface area contributed by atoms with E-state index in [1.807, 2.05) is 0 Å². The maximum Gasteiger partial charge on any atom is 0.342 e. The summed E-state index contributed by atoms with van der Waals surface area (Å²) in [5.41, 5.74) is 5.35. The molecule has 0 fully saturated rings. The minimum atomic E-state index is -0.454. The van der Waals surface area contributed by atoms with Crippen molar-refractivity contribution in [3.63, 3.8) is 0 Å². The highest BCUT2D eigenvalue weighted by molar-refractivity contribution is 7.99. The lowest BCUT2D eigenvalue weighted by molar-refractivity contribution is -0.392. The molecule has 2 aromatic heterocycles. The van der Waals surface area contributed by atoms with Crippen molar-refractivity contribution < 1.29 is 9.34 Å². The van der Waals surface area contributed by atoms with Crippen LogP contribution in [0, 0.1) is 17.0 Å². The summed E-state index contributed by atoms with van der Waals surface area (Å²) in [7, 11) is 0. The molecule has 0 atom stereocenters. The van der Waals surface area contributed by atoms with Crippen LogP contribution in [0.15, 0.2) is 15.8 Å². The molecule has 9 nitrogen and oxygen atoms in total. The molecule has 0 radical (unpaired) electrons. The second-order valence-corrected chi connectivity index (χ2v) is 4.63. The predicted octanol–water partition coefficient (Wildman–Crippen LogP) is 0.734. The molecule has 0 saturated carbocycles. The van der Waals surface area contributed by atoms with Gasteiger partial charge in [0.05, 0.1) is 6.54 Å². The van der Waals surface area contributed by atoms with Gasteiger partial charge in [0.1, 0.15) is 12.7 Å². The van der Waals surface area contributed by atoms with Crippen molar-refractivity contribution in [2.24, 2.45) is 5.73 Å². The predicted molar refractivity (Wildman–Crippen MR) is 66.5 cm³/mol. The maximum absolute atomic E-state index is 10.8. The van der Waals surface area contributed by atoms with Crippen LogP contribution in [0.4, 0.5) is 5.82 Å². The lowest BCUT2D eigenvalue weighted by atomic mass is 10.6. The lowest BCUT2D eigenvalue weighted by Gasteiger charge is -2.01. The monoisotopic (exact) mass is 284 g/mol. The van der Waals surface area contributed by atoms with Crippen LogP contribution in [-0.2, 0) is 13.1 Å². The highest BCUT2D eigenvalue weighted by Crippen LogP contribution is 2.19. The van der Waals surface area contributed by atoms with Crippen LogP contribution in [0.2, 0.25) is 0 Å². The molecule has 0 aromatic carbocycles. The summed E-state index contributed by atoms with van der Waals surface area (Å²) in [6.45, 7) is 2.35. The Bertz CT molecular complexity index is 580. The number of nitrogens with zero attached hydrogens (tertiary/aromatic N) is 5. The third-order valence-corrected chi connectivity index (χ3v) is 3.18. The van der Waals surface area contributed by atoms with Crippen molar-refractivity contribution in [1.29, 1.82) is 0 Å². The molecule has 2 aromatic rings. The third kappa shape index (κ3) is 3.09. The summed E-state index contributed by atoms with van der Waals surface area (Å²) in [5.74, 6) is 1.50. The van der Waals surface area contributed by atoms with Crippen molar-refractivity contribution in [1.82, 2.24) is 19.7 Å². The van der Waals surface area contributed by atoms with Crippen molar-refractivity contribution >= 4 is 17.6 Å². The molecule has 0 aliphatic carbocycles. The van der Waals surface area contributed by atoms with Crippen LogP contribution in [0.3, 0.4) is 0 Å². The molecule has 2 rings (SSSR count). The normalized spacial score (nSPS) is 10.8. The van der Waals surface area contributed by atoms with Crippen molar-refractivity contribution in [3.05, 3.63) is 28.0 Å². The zero-order valence-electron chi connectivity index (χ0n) is 10.1. The molecule has 0 bridgehead atoms. The fraction of sp³-hybridized carbons (Fsp3) is 0.444. The van der Waals surface area contributed by atoms with E-state index in [0.29, 0.717) is 29.2 Å². The van der Waals surface area contributed by atoms with Crippen LogP contribution in [0.1, 0.15) is 11.7 Å². The topological polar surface area (TPSA) is 126 Å². The van der Waals surface area contributed by atoms with Gasteiger partial charge in [-0.05, 0) is 4.92 Å². The number of nitrogens with two attached hydrogens (primary N) is 1. The number of nitro groups is 1. The fourth-order valence-corrected chi connectivity index (χ4v) is 2.18. The van der Waals surface area contributed by atoms with E-state index in [1.54, 1.807) is 6.92 Å². The zero-order chi connectivity index (χ0) is 13.8. The third-order valence-electron chi connectivity index (χ3n) is 2.38. The first-order valence-corrected chi connectivity index (χ1v) is 6.42. The number of rotatable bonds is 6. The Hall–Kier alpha value is -1.94. The zero-order valence-corrected chi connectivity index (χ0v) is 11.0. The standard InChI is InChI=1S/C9H12N6O3S/c1-6-11-5-8(15(16)17)14(6)2-3-19-9-13-12-7(4-10)18-9/h5H,2-4,10H2,1H3. The van der Waals surface area contributed by atoms with Gasteiger partial charge in [-0.3, -0.25) is 0 Å². The van der Waals surface area contributed by atoms with E-state index >= 15 is 0 Å². The Balaban J connectivity index is 1.95. The second-order valence-electron chi connectivity index (χ2n) is 3.59. The largest absolute Gasteiger partial charge is 0.415 e. The Morgan fingerprint density at radius 3 is 3.00 bits per heavy atom. The maximum atomic E-state index is 10.8. The van der Waals surface area contributed by atoms with Crippen LogP contribution < -0.4 is 5.73 Å². The van der Waals surface area contributed by atoms with Crippen molar-refractivity contribution in [2.75, 3.05) is 5.75 Å². The van der Waals surface area contributed by atoms with E-state index in [9.17, 15) is 10.1 Å². The molecule has 0 unspecified atom stereocenters. The summed E-state index contributed by atoms with van der Waals surface area (Å²) in [6.07, 6.45) is 1.25.